The van der Waals surface area contributed by atoms with E-state index in [2.05, 4.69) is 67.9 Å². The zero-order valence-electron chi connectivity index (χ0n) is 9.98. The van der Waals surface area contributed by atoms with Crippen molar-refractivity contribution in [3.63, 3.8) is 0 Å². The van der Waals surface area contributed by atoms with E-state index in [-0.39, 0.29) is 0 Å². The summed E-state index contributed by atoms with van der Waals surface area (Å²) in [4.78, 5) is 0. The Labute approximate surface area is 97.9 Å². The average Bonchev–Trinajstić information content (AvgIpc) is 2.68. The normalized spacial score (nSPS) is 18.3. The van der Waals surface area contributed by atoms with Crippen LogP contribution in [0.5, 0.6) is 0 Å². The molecule has 0 radical (unpaired) electrons. The molecule has 1 aliphatic carbocycles. The number of allylic oxidation sites excluding steroid dienone is 2. The molecule has 1 nitrogen and oxygen atoms in total. The van der Waals surface area contributed by atoms with Gasteiger partial charge in [0.25, 0.3) is 0 Å². The van der Waals surface area contributed by atoms with Crippen molar-refractivity contribution in [2.45, 2.75) is 32.2 Å². The van der Waals surface area contributed by atoms with E-state index in [1.165, 1.54) is 11.1 Å². The maximum absolute atomic E-state index is 3.29. The highest BCUT2D eigenvalue weighted by atomic mass is 14.9. The fourth-order valence-corrected chi connectivity index (χ4v) is 2.00. The third-order valence-corrected chi connectivity index (χ3v) is 2.84. The monoisotopic (exact) mass is 213 g/mol. The van der Waals surface area contributed by atoms with Crippen LogP contribution in [0, 0.1) is 0 Å². The minimum atomic E-state index is 0.516. The van der Waals surface area contributed by atoms with Gasteiger partial charge in [-0.25, -0.2) is 0 Å². The zero-order valence-corrected chi connectivity index (χ0v) is 9.98. The van der Waals surface area contributed by atoms with Gasteiger partial charge in [0.2, 0.25) is 0 Å². The van der Waals surface area contributed by atoms with Gasteiger partial charge in [0.05, 0.1) is 0 Å². The third kappa shape index (κ3) is 2.54. The van der Waals surface area contributed by atoms with Crippen molar-refractivity contribution in [2.75, 3.05) is 0 Å². The van der Waals surface area contributed by atoms with Crippen molar-refractivity contribution in [1.29, 1.82) is 0 Å². The van der Waals surface area contributed by atoms with Crippen LogP contribution in [0.1, 0.15) is 37.3 Å². The summed E-state index contributed by atoms with van der Waals surface area (Å²) in [5.41, 5.74) is 2.83. The summed E-state index contributed by atoms with van der Waals surface area (Å²) in [5, 5.41) is 3.29. The van der Waals surface area contributed by atoms with Crippen molar-refractivity contribution < 1.29 is 0 Å². The Hall–Kier alpha value is -1.50. The van der Waals surface area contributed by atoms with Crippen molar-refractivity contribution in [3.05, 3.63) is 53.7 Å². The number of benzene rings is 1. The van der Waals surface area contributed by atoms with E-state index in [0.29, 0.717) is 12.0 Å². The van der Waals surface area contributed by atoms with E-state index in [1.54, 1.807) is 0 Å². The Morgan fingerprint density at radius 3 is 2.94 bits per heavy atom. The first-order valence-corrected chi connectivity index (χ1v) is 5.95. The van der Waals surface area contributed by atoms with Gasteiger partial charge in [-0.05, 0) is 37.6 Å². The topological polar surface area (TPSA) is 12.0 Å². The highest BCUT2D eigenvalue weighted by molar-refractivity contribution is 5.62. The summed E-state index contributed by atoms with van der Waals surface area (Å²) in [5.74, 6) is 0.557. The van der Waals surface area contributed by atoms with Crippen molar-refractivity contribution >= 4 is 6.08 Å². The second-order valence-corrected chi connectivity index (χ2v) is 4.55. The van der Waals surface area contributed by atoms with Gasteiger partial charge in [-0.1, -0.05) is 42.5 Å². The van der Waals surface area contributed by atoms with Crippen LogP contribution in [-0.2, 0) is 0 Å². The second-order valence-electron chi connectivity index (χ2n) is 4.55. The van der Waals surface area contributed by atoms with E-state index < -0.39 is 0 Å². The average molecular weight is 213 g/mol. The van der Waals surface area contributed by atoms with E-state index in [4.69, 9.17) is 0 Å². The van der Waals surface area contributed by atoms with Crippen LogP contribution in [0.4, 0.5) is 0 Å². The Bertz CT molecular complexity index is 402. The summed E-state index contributed by atoms with van der Waals surface area (Å²) in [7, 11) is 0. The molecule has 0 aromatic heterocycles. The fourth-order valence-electron chi connectivity index (χ4n) is 2.00. The lowest BCUT2D eigenvalue weighted by Crippen LogP contribution is -2.15. The van der Waals surface area contributed by atoms with Crippen LogP contribution in [0.15, 0.2) is 42.6 Å². The standard InChI is InChI=1S/C15H19N/c1-12(2)16-11-5-7-14-10-9-13-6-3-4-8-15(13)14/h3-6,8-12,14,16H,7H2,1-2H3. The molecule has 0 saturated carbocycles. The summed E-state index contributed by atoms with van der Waals surface area (Å²) in [6, 6.07) is 9.14. The molecule has 0 fully saturated rings. The Morgan fingerprint density at radius 1 is 1.31 bits per heavy atom. The van der Waals surface area contributed by atoms with Gasteiger partial charge in [0, 0.05) is 12.0 Å². The van der Waals surface area contributed by atoms with Crippen LogP contribution in [-0.4, -0.2) is 6.04 Å². The van der Waals surface area contributed by atoms with Gasteiger partial charge in [-0.2, -0.15) is 0 Å². The molecule has 1 aromatic carbocycles. The molecule has 1 heteroatoms. The number of nitrogens with one attached hydrogen (secondary N) is 1. The molecule has 1 atom stereocenters. The maximum Gasteiger partial charge on any atom is 0.0199 e. The van der Waals surface area contributed by atoms with Crippen LogP contribution < -0.4 is 5.32 Å². The summed E-state index contributed by atoms with van der Waals surface area (Å²) < 4.78 is 0. The van der Waals surface area contributed by atoms with Crippen molar-refractivity contribution in [3.8, 4) is 0 Å². The maximum atomic E-state index is 3.29. The molecule has 0 bridgehead atoms. The van der Waals surface area contributed by atoms with Crippen LogP contribution in [0.3, 0.4) is 0 Å². The van der Waals surface area contributed by atoms with Gasteiger partial charge in [-0.15, -0.1) is 0 Å². The Morgan fingerprint density at radius 2 is 2.12 bits per heavy atom. The molecule has 0 aliphatic heterocycles. The van der Waals surface area contributed by atoms with E-state index >= 15 is 0 Å². The van der Waals surface area contributed by atoms with E-state index in [9.17, 15) is 0 Å². The molecule has 0 amide bonds. The largest absolute Gasteiger partial charge is 0.389 e. The molecular weight excluding hydrogens is 194 g/mol. The molecule has 0 heterocycles. The molecule has 16 heavy (non-hydrogen) atoms. The quantitative estimate of drug-likeness (QED) is 0.804. The predicted octanol–water partition coefficient (Wildman–Crippen LogP) is 3.70. The van der Waals surface area contributed by atoms with Crippen LogP contribution >= 0.6 is 0 Å². The first-order chi connectivity index (χ1) is 7.77. The molecule has 1 unspecified atom stereocenters. The number of hydrogen-bond acceptors (Lipinski definition) is 1. The molecular formula is C15H19N. The minimum absolute atomic E-state index is 0.516. The highest BCUT2D eigenvalue weighted by Crippen LogP contribution is 2.32. The van der Waals surface area contributed by atoms with Crippen molar-refractivity contribution in [2.24, 2.45) is 0 Å². The fraction of sp³-hybridized carbons (Fsp3) is 0.333. The van der Waals surface area contributed by atoms with Gasteiger partial charge >= 0.3 is 0 Å². The van der Waals surface area contributed by atoms with Gasteiger partial charge < -0.3 is 5.32 Å². The number of hydrogen-bond donors (Lipinski definition) is 1. The minimum Gasteiger partial charge on any atom is -0.389 e. The van der Waals surface area contributed by atoms with E-state index in [0.717, 1.165) is 6.42 Å². The molecule has 84 valence electrons. The molecule has 2 rings (SSSR count). The first-order valence-electron chi connectivity index (χ1n) is 5.95. The highest BCUT2D eigenvalue weighted by Gasteiger charge is 2.14. The number of rotatable bonds is 4. The Balaban J connectivity index is 1.94. The summed E-state index contributed by atoms with van der Waals surface area (Å²) >= 11 is 0. The molecule has 1 aromatic rings. The zero-order chi connectivity index (χ0) is 11.4. The van der Waals surface area contributed by atoms with Crippen molar-refractivity contribution in [1.82, 2.24) is 5.32 Å². The van der Waals surface area contributed by atoms with Gasteiger partial charge in [-0.3, -0.25) is 0 Å². The summed E-state index contributed by atoms with van der Waals surface area (Å²) in [6.45, 7) is 4.30. The third-order valence-electron chi connectivity index (χ3n) is 2.84. The summed E-state index contributed by atoms with van der Waals surface area (Å²) in [6.07, 6.45) is 9.89. The van der Waals surface area contributed by atoms with Crippen LogP contribution in [0.25, 0.3) is 6.08 Å². The smallest absolute Gasteiger partial charge is 0.0199 e. The van der Waals surface area contributed by atoms with Gasteiger partial charge in [0.1, 0.15) is 0 Å². The predicted molar refractivity (Wildman–Crippen MR) is 70.2 cm³/mol. The SMILES string of the molecule is CC(C)NC=CCC1C=Cc2ccccc21. The van der Waals surface area contributed by atoms with Gasteiger partial charge in [0.15, 0.2) is 0 Å². The van der Waals surface area contributed by atoms with Crippen LogP contribution in [0.2, 0.25) is 0 Å². The molecule has 1 N–H and O–H groups in total. The Kier molecular flexibility index (Phi) is 3.45. The van der Waals surface area contributed by atoms with E-state index in [1.807, 2.05) is 0 Å². The second kappa shape index (κ2) is 5.02. The first kappa shape index (κ1) is 11.0. The molecule has 0 saturated heterocycles. The lowest BCUT2D eigenvalue weighted by molar-refractivity contribution is 0.698. The molecule has 1 aliphatic rings. The lowest BCUT2D eigenvalue weighted by atomic mass is 9.98. The number of fused-ring (bicyclic) bond motifs is 1. The molecule has 0 spiro atoms. The lowest BCUT2D eigenvalue weighted by Gasteiger charge is -2.08.